The number of carbonyl (C=O) groups is 2. The van der Waals surface area contributed by atoms with Gasteiger partial charge < -0.3 is 14.8 Å². The predicted octanol–water partition coefficient (Wildman–Crippen LogP) is 3.37. The van der Waals surface area contributed by atoms with Gasteiger partial charge in [0.25, 0.3) is 0 Å². The first-order valence-electron chi connectivity index (χ1n) is 7.25. The lowest BCUT2D eigenvalue weighted by atomic mass is 10.1. The molecule has 0 fully saturated rings. The molecule has 0 saturated carbocycles. The third kappa shape index (κ3) is 4.97. The Morgan fingerprint density at radius 2 is 2.08 bits per heavy atom. The van der Waals surface area contributed by atoms with Crippen molar-refractivity contribution < 1.29 is 19.1 Å². The van der Waals surface area contributed by atoms with Gasteiger partial charge in [-0.05, 0) is 29.6 Å². The molecule has 0 aliphatic heterocycles. The maximum absolute atomic E-state index is 12.4. The summed E-state index contributed by atoms with van der Waals surface area (Å²) < 4.78 is 9.96. The SMILES string of the molecule is COC(=O)C[C@H](NC(=O)Cc1cc(Cl)ccc1OC)c1cccs1. The number of ether oxygens (including phenoxy) is 2. The Morgan fingerprint density at radius 1 is 1.29 bits per heavy atom. The highest BCUT2D eigenvalue weighted by Gasteiger charge is 2.20. The average Bonchev–Trinajstić information content (AvgIpc) is 3.08. The molecule has 128 valence electrons. The molecule has 0 radical (unpaired) electrons. The minimum Gasteiger partial charge on any atom is -0.496 e. The molecule has 2 rings (SSSR count). The Balaban J connectivity index is 2.10. The van der Waals surface area contributed by atoms with Crippen molar-refractivity contribution in [3.05, 3.63) is 51.2 Å². The Morgan fingerprint density at radius 3 is 2.71 bits per heavy atom. The maximum atomic E-state index is 12.4. The normalized spacial score (nSPS) is 11.6. The lowest BCUT2D eigenvalue weighted by molar-refractivity contribution is -0.141. The average molecular weight is 368 g/mol. The molecule has 1 heterocycles. The number of esters is 1. The van der Waals surface area contributed by atoms with Crippen LogP contribution in [0.4, 0.5) is 0 Å². The number of hydrogen-bond donors (Lipinski definition) is 1. The van der Waals surface area contributed by atoms with Crippen LogP contribution in [0.2, 0.25) is 5.02 Å². The molecule has 2 aromatic rings. The molecule has 0 saturated heterocycles. The van der Waals surface area contributed by atoms with Crippen LogP contribution < -0.4 is 10.1 Å². The molecule has 1 N–H and O–H groups in total. The van der Waals surface area contributed by atoms with E-state index in [2.05, 4.69) is 5.32 Å². The molecule has 0 unspecified atom stereocenters. The molecule has 5 nitrogen and oxygen atoms in total. The molecule has 1 aromatic heterocycles. The fraction of sp³-hybridized carbons (Fsp3) is 0.294. The van der Waals surface area contributed by atoms with Crippen LogP contribution in [0.5, 0.6) is 5.75 Å². The Bertz CT molecular complexity index is 703. The summed E-state index contributed by atoms with van der Waals surface area (Å²) in [7, 11) is 2.86. The predicted molar refractivity (Wildman–Crippen MR) is 93.5 cm³/mol. The van der Waals surface area contributed by atoms with Gasteiger partial charge in [0, 0.05) is 15.5 Å². The molecule has 1 amide bonds. The van der Waals surface area contributed by atoms with E-state index in [1.165, 1.54) is 25.6 Å². The van der Waals surface area contributed by atoms with Gasteiger partial charge in [-0.2, -0.15) is 0 Å². The summed E-state index contributed by atoms with van der Waals surface area (Å²) in [5, 5.41) is 5.30. The first-order chi connectivity index (χ1) is 11.5. The van der Waals surface area contributed by atoms with Crippen LogP contribution in [0.25, 0.3) is 0 Å². The van der Waals surface area contributed by atoms with Crippen molar-refractivity contribution in [2.45, 2.75) is 18.9 Å². The fourth-order valence-electron chi connectivity index (χ4n) is 2.27. The zero-order valence-corrected chi connectivity index (χ0v) is 14.9. The van der Waals surface area contributed by atoms with Gasteiger partial charge in [0.1, 0.15) is 5.75 Å². The zero-order valence-electron chi connectivity index (χ0n) is 13.4. The van der Waals surface area contributed by atoms with Gasteiger partial charge in [0.2, 0.25) is 5.91 Å². The topological polar surface area (TPSA) is 64.6 Å². The number of rotatable bonds is 7. The second kappa shape index (κ2) is 8.70. The minimum atomic E-state index is -0.421. The number of amides is 1. The van der Waals surface area contributed by atoms with Crippen LogP contribution in [0.1, 0.15) is 22.9 Å². The second-order valence-electron chi connectivity index (χ2n) is 5.05. The van der Waals surface area contributed by atoms with E-state index in [1.807, 2.05) is 17.5 Å². The summed E-state index contributed by atoms with van der Waals surface area (Å²) in [6, 6.07) is 8.44. The van der Waals surface area contributed by atoms with Gasteiger partial charge in [0.15, 0.2) is 0 Å². The first-order valence-corrected chi connectivity index (χ1v) is 8.51. The van der Waals surface area contributed by atoms with E-state index >= 15 is 0 Å². The quantitative estimate of drug-likeness (QED) is 0.762. The van der Waals surface area contributed by atoms with E-state index in [0.717, 1.165) is 4.88 Å². The number of thiophene rings is 1. The highest BCUT2D eigenvalue weighted by molar-refractivity contribution is 7.10. The monoisotopic (exact) mass is 367 g/mol. The molecule has 0 aliphatic rings. The number of halogens is 1. The summed E-state index contributed by atoms with van der Waals surface area (Å²) in [5.74, 6) is -0.0119. The van der Waals surface area contributed by atoms with Gasteiger partial charge in [-0.15, -0.1) is 11.3 Å². The van der Waals surface area contributed by atoms with Crippen LogP contribution >= 0.6 is 22.9 Å². The van der Waals surface area contributed by atoms with Gasteiger partial charge in [-0.3, -0.25) is 9.59 Å². The molecule has 1 atom stereocenters. The highest BCUT2D eigenvalue weighted by atomic mass is 35.5. The number of carbonyl (C=O) groups excluding carboxylic acids is 2. The summed E-state index contributed by atoms with van der Waals surface area (Å²) in [5.41, 5.74) is 0.686. The molecule has 7 heteroatoms. The van der Waals surface area contributed by atoms with Crippen molar-refractivity contribution in [1.29, 1.82) is 0 Å². The lowest BCUT2D eigenvalue weighted by Gasteiger charge is -2.17. The van der Waals surface area contributed by atoms with Crippen LogP contribution in [-0.2, 0) is 20.7 Å². The fourth-order valence-corrected chi connectivity index (χ4v) is 3.24. The molecular weight excluding hydrogens is 350 g/mol. The first kappa shape index (κ1) is 18.3. The lowest BCUT2D eigenvalue weighted by Crippen LogP contribution is -2.31. The van der Waals surface area contributed by atoms with Gasteiger partial charge in [-0.25, -0.2) is 0 Å². The van der Waals surface area contributed by atoms with Crippen LogP contribution in [0, 0.1) is 0 Å². The number of nitrogens with one attached hydrogen (secondary N) is 1. The molecule has 0 aliphatic carbocycles. The van der Waals surface area contributed by atoms with Crippen molar-refractivity contribution in [2.24, 2.45) is 0 Å². The van der Waals surface area contributed by atoms with Gasteiger partial charge in [-0.1, -0.05) is 17.7 Å². The van der Waals surface area contributed by atoms with E-state index in [-0.39, 0.29) is 24.7 Å². The van der Waals surface area contributed by atoms with Crippen molar-refractivity contribution in [3.8, 4) is 5.75 Å². The summed E-state index contributed by atoms with van der Waals surface area (Å²) in [6.07, 6.45) is 0.183. The van der Waals surface area contributed by atoms with Crippen molar-refractivity contribution >= 4 is 34.8 Å². The van der Waals surface area contributed by atoms with E-state index in [0.29, 0.717) is 16.3 Å². The summed E-state index contributed by atoms with van der Waals surface area (Å²) >= 11 is 7.46. The minimum absolute atomic E-state index is 0.0788. The smallest absolute Gasteiger partial charge is 0.307 e. The van der Waals surface area contributed by atoms with Crippen molar-refractivity contribution in [1.82, 2.24) is 5.32 Å². The molecule has 1 aromatic carbocycles. The van der Waals surface area contributed by atoms with Gasteiger partial charge in [0.05, 0.1) is 33.1 Å². The highest BCUT2D eigenvalue weighted by Crippen LogP contribution is 2.25. The Labute approximate surface area is 149 Å². The molecule has 24 heavy (non-hydrogen) atoms. The van der Waals surface area contributed by atoms with E-state index < -0.39 is 6.04 Å². The van der Waals surface area contributed by atoms with Crippen LogP contribution in [0.3, 0.4) is 0 Å². The largest absolute Gasteiger partial charge is 0.496 e. The maximum Gasteiger partial charge on any atom is 0.307 e. The molecular formula is C17H18ClNO4S. The second-order valence-corrected chi connectivity index (χ2v) is 6.46. The Hall–Kier alpha value is -2.05. The third-order valence-electron chi connectivity index (χ3n) is 3.41. The van der Waals surface area contributed by atoms with Crippen LogP contribution in [0.15, 0.2) is 35.7 Å². The Kier molecular flexibility index (Phi) is 6.63. The summed E-state index contributed by atoms with van der Waals surface area (Å²) in [4.78, 5) is 24.9. The standard InChI is InChI=1S/C17H18ClNO4S/c1-22-14-6-5-12(18)8-11(14)9-16(20)19-13(10-17(21)23-2)15-4-3-7-24-15/h3-8,13H,9-10H2,1-2H3,(H,19,20)/t13-/m0/s1. The van der Waals surface area contributed by atoms with Crippen LogP contribution in [-0.4, -0.2) is 26.1 Å². The van der Waals surface area contributed by atoms with Crippen molar-refractivity contribution in [2.75, 3.05) is 14.2 Å². The van der Waals surface area contributed by atoms with Gasteiger partial charge >= 0.3 is 5.97 Å². The zero-order chi connectivity index (χ0) is 17.5. The van der Waals surface area contributed by atoms with E-state index in [1.54, 1.807) is 18.2 Å². The van der Waals surface area contributed by atoms with E-state index in [9.17, 15) is 9.59 Å². The summed E-state index contributed by atoms with van der Waals surface area (Å²) in [6.45, 7) is 0. The molecule has 0 spiro atoms. The van der Waals surface area contributed by atoms with Crippen molar-refractivity contribution in [3.63, 3.8) is 0 Å². The third-order valence-corrected chi connectivity index (χ3v) is 4.63. The molecule has 0 bridgehead atoms. The number of benzene rings is 1. The number of methoxy groups -OCH3 is 2. The number of hydrogen-bond acceptors (Lipinski definition) is 5. The van der Waals surface area contributed by atoms with E-state index in [4.69, 9.17) is 21.1 Å².